The van der Waals surface area contributed by atoms with Crippen LogP contribution in [0.15, 0.2) is 46.6 Å². The maximum absolute atomic E-state index is 11.1. The van der Waals surface area contributed by atoms with E-state index in [9.17, 15) is 4.79 Å². The summed E-state index contributed by atoms with van der Waals surface area (Å²) in [5, 5.41) is 0.723. The maximum atomic E-state index is 11.1. The Morgan fingerprint density at radius 1 is 1.18 bits per heavy atom. The SMILES string of the molecule is CC(=O)c1ccc(Sc2nccc(C)n2)cc1. The lowest BCUT2D eigenvalue weighted by Crippen LogP contribution is -1.91. The summed E-state index contributed by atoms with van der Waals surface area (Å²) in [7, 11) is 0. The van der Waals surface area contributed by atoms with Gasteiger partial charge < -0.3 is 0 Å². The van der Waals surface area contributed by atoms with Crippen molar-refractivity contribution in [3.05, 3.63) is 47.8 Å². The molecule has 1 aromatic carbocycles. The number of Topliss-reactive ketones (excluding diaryl/α,β-unsaturated/α-hetero) is 1. The Balaban J connectivity index is 2.16. The fraction of sp³-hybridized carbons (Fsp3) is 0.154. The van der Waals surface area contributed by atoms with Crippen LogP contribution in [0.25, 0.3) is 0 Å². The standard InChI is InChI=1S/C13H12N2OS/c1-9-7-8-14-13(15-9)17-12-5-3-11(4-6-12)10(2)16/h3-8H,1-2H3. The van der Waals surface area contributed by atoms with Crippen LogP contribution in [0, 0.1) is 6.92 Å². The molecule has 0 atom stereocenters. The van der Waals surface area contributed by atoms with Crippen LogP contribution in [0.2, 0.25) is 0 Å². The van der Waals surface area contributed by atoms with Crippen molar-refractivity contribution in [2.75, 3.05) is 0 Å². The predicted octanol–water partition coefficient (Wildman–Crippen LogP) is 3.14. The normalized spacial score (nSPS) is 10.2. The van der Waals surface area contributed by atoms with Crippen LogP contribution in [-0.4, -0.2) is 15.8 Å². The van der Waals surface area contributed by atoms with E-state index in [1.165, 1.54) is 11.8 Å². The quantitative estimate of drug-likeness (QED) is 0.614. The Kier molecular flexibility index (Phi) is 3.54. The molecule has 86 valence electrons. The van der Waals surface area contributed by atoms with Crippen molar-refractivity contribution in [3.8, 4) is 0 Å². The number of aromatic nitrogens is 2. The first-order valence-electron chi connectivity index (χ1n) is 5.23. The van der Waals surface area contributed by atoms with Gasteiger partial charge in [-0.05, 0) is 43.8 Å². The van der Waals surface area contributed by atoms with Crippen molar-refractivity contribution in [1.29, 1.82) is 0 Å². The van der Waals surface area contributed by atoms with Gasteiger partial charge in [0.05, 0.1) is 0 Å². The van der Waals surface area contributed by atoms with Crippen LogP contribution in [0.1, 0.15) is 23.0 Å². The van der Waals surface area contributed by atoms with Crippen molar-refractivity contribution in [2.45, 2.75) is 23.9 Å². The van der Waals surface area contributed by atoms with Crippen LogP contribution in [-0.2, 0) is 0 Å². The van der Waals surface area contributed by atoms with Crippen LogP contribution < -0.4 is 0 Å². The van der Waals surface area contributed by atoms with E-state index in [4.69, 9.17) is 0 Å². The lowest BCUT2D eigenvalue weighted by Gasteiger charge is -2.01. The topological polar surface area (TPSA) is 42.9 Å². The molecule has 2 rings (SSSR count). The van der Waals surface area contributed by atoms with Crippen molar-refractivity contribution in [2.24, 2.45) is 0 Å². The molecule has 0 unspecified atom stereocenters. The monoisotopic (exact) mass is 244 g/mol. The summed E-state index contributed by atoms with van der Waals surface area (Å²) in [6.45, 7) is 3.50. The van der Waals surface area contributed by atoms with E-state index in [1.807, 2.05) is 37.3 Å². The molecule has 0 aliphatic carbocycles. The third-order valence-electron chi connectivity index (χ3n) is 2.24. The second-order valence-electron chi connectivity index (χ2n) is 3.66. The molecular weight excluding hydrogens is 232 g/mol. The number of ketones is 1. The first kappa shape index (κ1) is 11.8. The minimum absolute atomic E-state index is 0.0772. The van der Waals surface area contributed by atoms with Gasteiger partial charge in [-0.1, -0.05) is 12.1 Å². The Hall–Kier alpha value is -1.68. The highest BCUT2D eigenvalue weighted by molar-refractivity contribution is 7.99. The molecule has 1 aromatic heterocycles. The molecule has 0 radical (unpaired) electrons. The van der Waals surface area contributed by atoms with Crippen molar-refractivity contribution in [1.82, 2.24) is 9.97 Å². The summed E-state index contributed by atoms with van der Waals surface area (Å²) in [4.78, 5) is 20.6. The van der Waals surface area contributed by atoms with Gasteiger partial charge in [-0.3, -0.25) is 4.79 Å². The third kappa shape index (κ3) is 3.14. The van der Waals surface area contributed by atoms with Gasteiger partial charge in [0.2, 0.25) is 0 Å². The Labute approximate surface area is 104 Å². The zero-order valence-electron chi connectivity index (χ0n) is 9.68. The van der Waals surface area contributed by atoms with Gasteiger partial charge >= 0.3 is 0 Å². The average molecular weight is 244 g/mol. The number of benzene rings is 1. The number of hydrogen-bond acceptors (Lipinski definition) is 4. The highest BCUT2D eigenvalue weighted by Gasteiger charge is 2.02. The largest absolute Gasteiger partial charge is 0.295 e. The lowest BCUT2D eigenvalue weighted by molar-refractivity contribution is 0.101. The molecule has 1 heterocycles. The number of rotatable bonds is 3. The fourth-order valence-electron chi connectivity index (χ4n) is 1.34. The first-order valence-corrected chi connectivity index (χ1v) is 6.05. The summed E-state index contributed by atoms with van der Waals surface area (Å²) in [5.74, 6) is 0.0772. The van der Waals surface area contributed by atoms with Gasteiger partial charge in [-0.2, -0.15) is 0 Å². The molecule has 2 aromatic rings. The van der Waals surface area contributed by atoms with Gasteiger partial charge in [-0.25, -0.2) is 9.97 Å². The van der Waals surface area contributed by atoms with Crippen LogP contribution in [0.4, 0.5) is 0 Å². The number of carbonyl (C=O) groups is 1. The molecule has 0 N–H and O–H groups in total. The minimum Gasteiger partial charge on any atom is -0.295 e. The number of aryl methyl sites for hydroxylation is 1. The summed E-state index contributed by atoms with van der Waals surface area (Å²) in [6.07, 6.45) is 1.74. The fourth-order valence-corrected chi connectivity index (χ4v) is 2.12. The summed E-state index contributed by atoms with van der Waals surface area (Å²) < 4.78 is 0. The molecule has 0 spiro atoms. The summed E-state index contributed by atoms with van der Waals surface area (Å²) in [5.41, 5.74) is 1.67. The van der Waals surface area contributed by atoms with E-state index in [1.54, 1.807) is 13.1 Å². The van der Waals surface area contributed by atoms with E-state index in [0.717, 1.165) is 21.3 Å². The second kappa shape index (κ2) is 5.10. The molecular formula is C13H12N2OS. The smallest absolute Gasteiger partial charge is 0.192 e. The highest BCUT2D eigenvalue weighted by Crippen LogP contribution is 2.24. The molecule has 0 saturated heterocycles. The lowest BCUT2D eigenvalue weighted by atomic mass is 10.2. The average Bonchev–Trinajstić information content (AvgIpc) is 2.29. The second-order valence-corrected chi connectivity index (χ2v) is 4.70. The zero-order chi connectivity index (χ0) is 12.3. The predicted molar refractivity (Wildman–Crippen MR) is 67.3 cm³/mol. The molecule has 4 heteroatoms. The van der Waals surface area contributed by atoms with E-state index in [2.05, 4.69) is 9.97 Å². The number of carbonyl (C=O) groups excluding carboxylic acids is 1. The summed E-state index contributed by atoms with van der Waals surface area (Å²) >= 11 is 1.49. The number of hydrogen-bond donors (Lipinski definition) is 0. The van der Waals surface area contributed by atoms with Crippen molar-refractivity contribution < 1.29 is 4.79 Å². The van der Waals surface area contributed by atoms with Gasteiger partial charge in [0, 0.05) is 22.3 Å². The highest BCUT2D eigenvalue weighted by atomic mass is 32.2. The van der Waals surface area contributed by atoms with E-state index >= 15 is 0 Å². The zero-order valence-corrected chi connectivity index (χ0v) is 10.5. The van der Waals surface area contributed by atoms with E-state index in [0.29, 0.717) is 0 Å². The molecule has 17 heavy (non-hydrogen) atoms. The minimum atomic E-state index is 0.0772. The third-order valence-corrected chi connectivity index (χ3v) is 3.13. The van der Waals surface area contributed by atoms with Crippen LogP contribution in [0.3, 0.4) is 0 Å². The van der Waals surface area contributed by atoms with E-state index < -0.39 is 0 Å². The van der Waals surface area contributed by atoms with Gasteiger partial charge in [0.15, 0.2) is 10.9 Å². The van der Waals surface area contributed by atoms with Crippen molar-refractivity contribution in [3.63, 3.8) is 0 Å². The van der Waals surface area contributed by atoms with Crippen LogP contribution in [0.5, 0.6) is 0 Å². The number of nitrogens with zero attached hydrogens (tertiary/aromatic N) is 2. The molecule has 3 nitrogen and oxygen atoms in total. The molecule has 0 saturated carbocycles. The van der Waals surface area contributed by atoms with E-state index in [-0.39, 0.29) is 5.78 Å². The molecule has 0 aliphatic heterocycles. The first-order chi connectivity index (χ1) is 8.15. The Morgan fingerprint density at radius 3 is 2.47 bits per heavy atom. The Bertz CT molecular complexity index is 537. The molecule has 0 amide bonds. The summed E-state index contributed by atoms with van der Waals surface area (Å²) in [6, 6.07) is 9.32. The van der Waals surface area contributed by atoms with Gasteiger partial charge in [0.1, 0.15) is 0 Å². The maximum Gasteiger partial charge on any atom is 0.192 e. The molecule has 0 fully saturated rings. The molecule has 0 aliphatic rings. The molecule has 0 bridgehead atoms. The Morgan fingerprint density at radius 2 is 1.88 bits per heavy atom. The van der Waals surface area contributed by atoms with Gasteiger partial charge in [-0.15, -0.1) is 0 Å². The van der Waals surface area contributed by atoms with Gasteiger partial charge in [0.25, 0.3) is 0 Å². The van der Waals surface area contributed by atoms with Crippen molar-refractivity contribution >= 4 is 17.5 Å². The van der Waals surface area contributed by atoms with Crippen LogP contribution >= 0.6 is 11.8 Å².